The molecule has 0 bridgehead atoms. The Kier molecular flexibility index (Phi) is 60.4. The summed E-state index contributed by atoms with van der Waals surface area (Å²) in [5, 5.41) is 33.5. The van der Waals surface area contributed by atoms with Crippen LogP contribution in [0.15, 0.2) is 24.3 Å². The van der Waals surface area contributed by atoms with E-state index in [4.69, 9.17) is 0 Å². The molecule has 0 aromatic heterocycles. The Bertz CT molecular complexity index is 1060. The average Bonchev–Trinajstić information content (AvgIpc) is 3.38. The fraction of sp³-hybridized carbons (Fsp3) is 0.924. The van der Waals surface area contributed by atoms with E-state index in [1.165, 1.54) is 308 Å². The first kappa shape index (κ1) is 69.8. The van der Waals surface area contributed by atoms with Crippen molar-refractivity contribution in [3.8, 4) is 0 Å². The summed E-state index contributed by atoms with van der Waals surface area (Å²) < 4.78 is 0. The number of allylic oxidation sites excluding steroid dienone is 3. The van der Waals surface area contributed by atoms with Gasteiger partial charge in [-0.2, -0.15) is 0 Å². The quantitative estimate of drug-likeness (QED) is 0.0361. The van der Waals surface area contributed by atoms with Crippen LogP contribution < -0.4 is 5.32 Å². The summed E-state index contributed by atoms with van der Waals surface area (Å²) in [6.45, 7) is 4.22. The number of amides is 1. The normalized spacial score (nSPS) is 13.3. The van der Waals surface area contributed by atoms with E-state index in [1.54, 1.807) is 6.08 Å². The van der Waals surface area contributed by atoms with Crippen LogP contribution in [0.3, 0.4) is 0 Å². The topological polar surface area (TPSA) is 89.8 Å². The lowest BCUT2D eigenvalue weighted by molar-refractivity contribution is -0.131. The van der Waals surface area contributed by atoms with E-state index in [-0.39, 0.29) is 6.61 Å². The lowest BCUT2D eigenvalue weighted by Crippen LogP contribution is -2.48. The Morgan fingerprint density at radius 3 is 0.859 bits per heavy atom. The summed E-state index contributed by atoms with van der Waals surface area (Å²) in [5.74, 6) is -0.505. The average molecular weight is 1000 g/mol. The van der Waals surface area contributed by atoms with Gasteiger partial charge in [0.1, 0.15) is 6.10 Å². The van der Waals surface area contributed by atoms with E-state index in [0.29, 0.717) is 6.42 Å². The lowest BCUT2D eigenvalue weighted by atomic mass is 10.0. The van der Waals surface area contributed by atoms with E-state index < -0.39 is 24.2 Å². The maximum absolute atomic E-state index is 12.6. The van der Waals surface area contributed by atoms with Gasteiger partial charge in [0.05, 0.1) is 18.8 Å². The summed E-state index contributed by atoms with van der Waals surface area (Å²) >= 11 is 0. The summed E-state index contributed by atoms with van der Waals surface area (Å²) in [6, 6.07) is -0.813. The molecular formula is C66H129NO4. The predicted molar refractivity (Wildman–Crippen MR) is 315 cm³/mol. The minimum Gasteiger partial charge on any atom is -0.394 e. The lowest BCUT2D eigenvalue weighted by Gasteiger charge is -2.21. The molecule has 3 atom stereocenters. The third-order valence-electron chi connectivity index (χ3n) is 15.5. The van der Waals surface area contributed by atoms with Gasteiger partial charge in [0.2, 0.25) is 5.91 Å². The second-order valence-corrected chi connectivity index (χ2v) is 22.7. The van der Waals surface area contributed by atoms with Gasteiger partial charge < -0.3 is 20.6 Å². The third-order valence-corrected chi connectivity index (χ3v) is 15.5. The van der Waals surface area contributed by atoms with Gasteiger partial charge in [-0.25, -0.2) is 0 Å². The first-order valence-electron chi connectivity index (χ1n) is 32.7. The van der Waals surface area contributed by atoms with E-state index >= 15 is 0 Å². The highest BCUT2D eigenvalue weighted by Crippen LogP contribution is 2.19. The SMILES string of the molecule is CCCCCCCCCCCCCCCCCCCCC/C=C/CC/C=C/C(O)C(CO)NC(=O)C(O)CCCCCCCCCCCCCCCCCCCCCCCCCCCCCCCCCC. The molecule has 0 aromatic rings. The van der Waals surface area contributed by atoms with Gasteiger partial charge in [0.25, 0.3) is 0 Å². The van der Waals surface area contributed by atoms with Crippen LogP contribution >= 0.6 is 0 Å². The Balaban J connectivity index is 3.51. The van der Waals surface area contributed by atoms with Gasteiger partial charge in [0.15, 0.2) is 0 Å². The number of carbonyl (C=O) groups is 1. The highest BCUT2D eigenvalue weighted by molar-refractivity contribution is 5.80. The summed E-state index contributed by atoms with van der Waals surface area (Å²) in [5.41, 5.74) is 0. The first-order chi connectivity index (χ1) is 35.1. The fourth-order valence-electron chi connectivity index (χ4n) is 10.5. The molecule has 0 aliphatic carbocycles. The number of aliphatic hydroxyl groups excluding tert-OH is 3. The van der Waals surface area contributed by atoms with Crippen molar-refractivity contribution in [3.05, 3.63) is 24.3 Å². The number of hydrogen-bond donors (Lipinski definition) is 4. The number of unbranched alkanes of at least 4 members (excludes halogenated alkanes) is 51. The number of rotatable bonds is 61. The summed E-state index contributed by atoms with van der Waals surface area (Å²) in [7, 11) is 0. The molecule has 0 radical (unpaired) electrons. The molecule has 0 rings (SSSR count). The van der Waals surface area contributed by atoms with Crippen molar-refractivity contribution in [2.75, 3.05) is 6.61 Å². The van der Waals surface area contributed by atoms with Crippen molar-refractivity contribution in [1.29, 1.82) is 0 Å². The molecule has 0 heterocycles. The molecule has 0 fully saturated rings. The van der Waals surface area contributed by atoms with Crippen LogP contribution in [0, 0.1) is 0 Å². The Labute approximate surface area is 445 Å². The monoisotopic (exact) mass is 1000 g/mol. The summed E-state index contributed by atoms with van der Waals surface area (Å²) in [4.78, 5) is 12.6. The zero-order chi connectivity index (χ0) is 51.4. The molecule has 3 unspecified atom stereocenters. The molecule has 4 N–H and O–H groups in total. The molecule has 1 amide bonds. The number of nitrogens with one attached hydrogen (secondary N) is 1. The van der Waals surface area contributed by atoms with E-state index in [0.717, 1.165) is 38.5 Å². The molecular weight excluding hydrogens is 871 g/mol. The molecule has 0 aromatic carbocycles. The second kappa shape index (κ2) is 61.4. The Morgan fingerprint density at radius 2 is 0.577 bits per heavy atom. The highest BCUT2D eigenvalue weighted by Gasteiger charge is 2.22. The molecule has 0 spiro atoms. The van der Waals surface area contributed by atoms with Crippen molar-refractivity contribution < 1.29 is 20.1 Å². The molecule has 0 saturated heterocycles. The Hall–Kier alpha value is -1.17. The van der Waals surface area contributed by atoms with Gasteiger partial charge in [-0.1, -0.05) is 359 Å². The minimum atomic E-state index is -1.10. The predicted octanol–water partition coefficient (Wildman–Crippen LogP) is 20.8. The largest absolute Gasteiger partial charge is 0.394 e. The minimum absolute atomic E-state index is 0.372. The molecule has 0 saturated carbocycles. The van der Waals surface area contributed by atoms with E-state index in [9.17, 15) is 20.1 Å². The molecule has 71 heavy (non-hydrogen) atoms. The van der Waals surface area contributed by atoms with Crippen LogP contribution in [-0.4, -0.2) is 46.1 Å². The van der Waals surface area contributed by atoms with Crippen LogP contribution in [-0.2, 0) is 4.79 Å². The summed E-state index contributed by atoms with van der Waals surface area (Å²) in [6.07, 6.45) is 80.2. The standard InChI is InChI=1S/C66H129NO4/c1-3-5-7-9-11-13-15-17-19-21-23-25-27-29-30-31-32-33-34-35-37-39-41-43-45-47-49-51-53-55-57-59-61-65(70)66(71)67-63(62-68)64(69)60-58-56-54-52-50-48-46-44-42-40-38-36-28-26-24-22-20-18-16-14-12-10-8-6-4-2/h50,52,58,60,63-65,68-70H,3-49,51,53-57,59,61-62H2,1-2H3,(H,67,71)/b52-50+,60-58+. The number of carbonyl (C=O) groups excluding carboxylic acids is 1. The number of hydrogen-bond acceptors (Lipinski definition) is 4. The van der Waals surface area contributed by atoms with Crippen molar-refractivity contribution in [1.82, 2.24) is 5.32 Å². The fourth-order valence-corrected chi connectivity index (χ4v) is 10.5. The van der Waals surface area contributed by atoms with Crippen LogP contribution in [0.5, 0.6) is 0 Å². The molecule has 5 nitrogen and oxygen atoms in total. The first-order valence-corrected chi connectivity index (χ1v) is 32.7. The van der Waals surface area contributed by atoms with E-state index in [1.807, 2.05) is 6.08 Å². The van der Waals surface area contributed by atoms with Crippen molar-refractivity contribution in [2.24, 2.45) is 0 Å². The van der Waals surface area contributed by atoms with Gasteiger partial charge in [-0.15, -0.1) is 0 Å². The second-order valence-electron chi connectivity index (χ2n) is 22.7. The number of aliphatic hydroxyl groups is 3. The van der Waals surface area contributed by atoms with Crippen molar-refractivity contribution in [3.63, 3.8) is 0 Å². The molecule has 0 aliphatic rings. The van der Waals surface area contributed by atoms with Gasteiger partial charge in [0, 0.05) is 0 Å². The van der Waals surface area contributed by atoms with Gasteiger partial charge in [-0.05, 0) is 32.1 Å². The smallest absolute Gasteiger partial charge is 0.249 e. The Morgan fingerprint density at radius 1 is 0.338 bits per heavy atom. The van der Waals surface area contributed by atoms with Crippen molar-refractivity contribution in [2.45, 2.75) is 385 Å². The maximum Gasteiger partial charge on any atom is 0.249 e. The maximum atomic E-state index is 12.6. The van der Waals surface area contributed by atoms with Crippen LogP contribution in [0.1, 0.15) is 367 Å². The van der Waals surface area contributed by atoms with Crippen LogP contribution in [0.2, 0.25) is 0 Å². The van der Waals surface area contributed by atoms with Crippen LogP contribution in [0.25, 0.3) is 0 Å². The molecule has 0 aliphatic heterocycles. The van der Waals surface area contributed by atoms with Gasteiger partial charge >= 0.3 is 0 Å². The highest BCUT2D eigenvalue weighted by atomic mass is 16.3. The van der Waals surface area contributed by atoms with Crippen molar-refractivity contribution >= 4 is 5.91 Å². The van der Waals surface area contributed by atoms with Gasteiger partial charge in [-0.3, -0.25) is 4.79 Å². The zero-order valence-corrected chi connectivity index (χ0v) is 48.4. The zero-order valence-electron chi connectivity index (χ0n) is 48.4. The molecule has 422 valence electrons. The van der Waals surface area contributed by atoms with E-state index in [2.05, 4.69) is 31.3 Å². The molecule has 5 heteroatoms. The van der Waals surface area contributed by atoms with Crippen LogP contribution in [0.4, 0.5) is 0 Å². The third kappa shape index (κ3) is 56.4.